The lowest BCUT2D eigenvalue weighted by atomic mass is 9.98. The first-order valence-electron chi connectivity index (χ1n) is 10.4. The number of nitrogens with one attached hydrogen (secondary N) is 1. The fraction of sp³-hybridized carbons (Fsp3) is 0.318. The van der Waals surface area contributed by atoms with Crippen LogP contribution in [0.15, 0.2) is 40.8 Å². The molecular formula is C22H18ClF4N3O5. The van der Waals surface area contributed by atoms with E-state index in [1.54, 1.807) is 0 Å². The molecule has 2 amide bonds. The van der Waals surface area contributed by atoms with Gasteiger partial charge >= 0.3 is 12.3 Å². The first-order valence-corrected chi connectivity index (χ1v) is 10.7. The molecule has 35 heavy (non-hydrogen) atoms. The molecule has 8 nitrogen and oxygen atoms in total. The number of amides is 2. The smallest absolute Gasteiger partial charge is 0.416 e. The van der Waals surface area contributed by atoms with E-state index in [4.69, 9.17) is 20.8 Å². The van der Waals surface area contributed by atoms with Crippen molar-refractivity contribution in [3.8, 4) is 5.75 Å². The number of ether oxygens (including phenoxy) is 1. The van der Waals surface area contributed by atoms with Crippen LogP contribution in [0.5, 0.6) is 5.75 Å². The molecule has 0 saturated carbocycles. The number of carbonyl (C=O) groups excluding carboxylic acids is 1. The number of likely N-dealkylation sites (tertiary alicyclic amines) is 1. The zero-order chi connectivity index (χ0) is 25.3. The second-order valence-corrected chi connectivity index (χ2v) is 8.30. The lowest BCUT2D eigenvalue weighted by molar-refractivity contribution is -0.137. The van der Waals surface area contributed by atoms with Crippen LogP contribution in [-0.2, 0) is 11.0 Å². The molecule has 0 spiro atoms. The van der Waals surface area contributed by atoms with Crippen molar-refractivity contribution >= 4 is 34.7 Å². The standard InChI is InChI=1S/C22H18ClF4N3O5/c23-14-4-3-13(8-15(14)24)34-10-19(31)28-12-2-6-17(30(9-12)21(32)33)20-29-16-5-1-11(22(25,26)27)7-18(16)35-20/h1,3-5,7-8,12,17H,2,6,9-10H2,(H,28,31)(H,32,33)/t12?,17-/m1/s1. The number of oxazole rings is 1. The number of carboxylic acid groups (broad SMARTS) is 1. The summed E-state index contributed by atoms with van der Waals surface area (Å²) in [6.45, 7) is -0.533. The van der Waals surface area contributed by atoms with Gasteiger partial charge in [-0.1, -0.05) is 11.6 Å². The summed E-state index contributed by atoms with van der Waals surface area (Å²) in [5.74, 6) is -1.17. The van der Waals surface area contributed by atoms with Crippen molar-refractivity contribution in [1.29, 1.82) is 0 Å². The summed E-state index contributed by atoms with van der Waals surface area (Å²) in [4.78, 5) is 29.3. The van der Waals surface area contributed by atoms with Gasteiger partial charge in [-0.25, -0.2) is 14.2 Å². The molecule has 2 atom stereocenters. The van der Waals surface area contributed by atoms with Crippen LogP contribution in [0.3, 0.4) is 0 Å². The number of halogens is 5. The Balaban J connectivity index is 1.41. The number of fused-ring (bicyclic) bond motifs is 1. The highest BCUT2D eigenvalue weighted by molar-refractivity contribution is 6.30. The molecule has 2 N–H and O–H groups in total. The monoisotopic (exact) mass is 515 g/mol. The van der Waals surface area contributed by atoms with E-state index in [-0.39, 0.29) is 40.7 Å². The van der Waals surface area contributed by atoms with Gasteiger partial charge in [0.2, 0.25) is 5.89 Å². The second-order valence-electron chi connectivity index (χ2n) is 7.89. The molecule has 0 radical (unpaired) electrons. The zero-order valence-electron chi connectivity index (χ0n) is 17.8. The minimum atomic E-state index is -4.56. The number of piperidine rings is 1. The van der Waals surface area contributed by atoms with E-state index in [0.29, 0.717) is 6.42 Å². The molecule has 2 heterocycles. The predicted octanol–water partition coefficient (Wildman–Crippen LogP) is 5.02. The Morgan fingerprint density at radius 1 is 1.23 bits per heavy atom. The Morgan fingerprint density at radius 3 is 2.69 bits per heavy atom. The van der Waals surface area contributed by atoms with Crippen molar-refractivity contribution in [1.82, 2.24) is 15.2 Å². The fourth-order valence-electron chi connectivity index (χ4n) is 3.80. The molecular weight excluding hydrogens is 498 g/mol. The molecule has 13 heteroatoms. The van der Waals surface area contributed by atoms with Crippen molar-refractivity contribution in [2.45, 2.75) is 31.1 Å². The van der Waals surface area contributed by atoms with Crippen molar-refractivity contribution in [2.24, 2.45) is 0 Å². The van der Waals surface area contributed by atoms with E-state index in [2.05, 4.69) is 10.3 Å². The molecule has 0 aliphatic carbocycles. The molecule has 1 fully saturated rings. The highest BCUT2D eigenvalue weighted by Gasteiger charge is 2.37. The van der Waals surface area contributed by atoms with Crippen LogP contribution >= 0.6 is 11.6 Å². The highest BCUT2D eigenvalue weighted by atomic mass is 35.5. The van der Waals surface area contributed by atoms with Gasteiger partial charge in [0, 0.05) is 18.7 Å². The SMILES string of the molecule is O=C(COc1ccc(Cl)c(F)c1)NC1CC[C@H](c2nc3ccc(C(F)(F)F)cc3o2)N(C(=O)O)C1. The second kappa shape index (κ2) is 9.61. The van der Waals surface area contributed by atoms with Gasteiger partial charge in [-0.15, -0.1) is 0 Å². The molecule has 1 aromatic heterocycles. The van der Waals surface area contributed by atoms with Gasteiger partial charge in [0.15, 0.2) is 12.2 Å². The van der Waals surface area contributed by atoms with Gasteiger partial charge in [-0.05, 0) is 43.2 Å². The summed E-state index contributed by atoms with van der Waals surface area (Å²) in [7, 11) is 0. The van der Waals surface area contributed by atoms with Crippen LogP contribution in [0, 0.1) is 5.82 Å². The predicted molar refractivity (Wildman–Crippen MR) is 115 cm³/mol. The summed E-state index contributed by atoms with van der Waals surface area (Å²) >= 11 is 5.60. The van der Waals surface area contributed by atoms with Crippen LogP contribution in [-0.4, -0.2) is 46.2 Å². The van der Waals surface area contributed by atoms with Crippen molar-refractivity contribution < 1.29 is 41.4 Å². The largest absolute Gasteiger partial charge is 0.484 e. The normalized spacial score (nSPS) is 18.5. The first kappa shape index (κ1) is 24.6. The van der Waals surface area contributed by atoms with Crippen molar-refractivity contribution in [3.63, 3.8) is 0 Å². The molecule has 4 rings (SSSR count). The molecule has 0 bridgehead atoms. The van der Waals surface area contributed by atoms with Crippen molar-refractivity contribution in [3.05, 3.63) is 58.7 Å². The number of nitrogens with zero attached hydrogens (tertiary/aromatic N) is 2. The van der Waals surface area contributed by atoms with E-state index in [1.165, 1.54) is 12.1 Å². The van der Waals surface area contributed by atoms with E-state index >= 15 is 0 Å². The van der Waals surface area contributed by atoms with Gasteiger partial charge in [0.1, 0.15) is 23.1 Å². The summed E-state index contributed by atoms with van der Waals surface area (Å²) < 4.78 is 63.1. The Hall–Kier alpha value is -3.54. The molecule has 2 aromatic carbocycles. The van der Waals surface area contributed by atoms with Gasteiger partial charge in [0.25, 0.3) is 5.91 Å². The molecule has 3 aromatic rings. The van der Waals surface area contributed by atoms with E-state index in [1.807, 2.05) is 0 Å². The third kappa shape index (κ3) is 5.59. The van der Waals surface area contributed by atoms with Crippen LogP contribution in [0.2, 0.25) is 5.02 Å². The average molecular weight is 516 g/mol. The van der Waals surface area contributed by atoms with E-state index < -0.39 is 48.2 Å². The summed E-state index contributed by atoms with van der Waals surface area (Å²) in [5, 5.41) is 12.2. The maximum Gasteiger partial charge on any atom is 0.416 e. The summed E-state index contributed by atoms with van der Waals surface area (Å²) in [6.07, 6.45) is -5.31. The third-order valence-corrected chi connectivity index (χ3v) is 5.78. The highest BCUT2D eigenvalue weighted by Crippen LogP contribution is 2.35. The number of rotatable bonds is 5. The minimum Gasteiger partial charge on any atom is -0.484 e. The number of hydrogen-bond acceptors (Lipinski definition) is 5. The van der Waals surface area contributed by atoms with Crippen LogP contribution in [0.25, 0.3) is 11.1 Å². The average Bonchev–Trinajstić information content (AvgIpc) is 3.22. The Kier molecular flexibility index (Phi) is 6.75. The lowest BCUT2D eigenvalue weighted by Gasteiger charge is -2.36. The molecule has 1 aliphatic rings. The van der Waals surface area contributed by atoms with E-state index in [9.17, 15) is 32.3 Å². The summed E-state index contributed by atoms with van der Waals surface area (Å²) in [5.41, 5.74) is -0.839. The Bertz CT molecular complexity index is 1270. The zero-order valence-corrected chi connectivity index (χ0v) is 18.6. The lowest BCUT2D eigenvalue weighted by Crippen LogP contribution is -2.51. The molecule has 1 unspecified atom stereocenters. The minimum absolute atomic E-state index is 0.0281. The summed E-state index contributed by atoms with van der Waals surface area (Å²) in [6, 6.07) is 5.17. The number of benzene rings is 2. The van der Waals surface area contributed by atoms with Crippen LogP contribution in [0.1, 0.15) is 30.3 Å². The Morgan fingerprint density at radius 2 is 2.00 bits per heavy atom. The number of carbonyl (C=O) groups is 2. The Labute approximate surface area is 200 Å². The first-order chi connectivity index (χ1) is 16.5. The maximum atomic E-state index is 13.5. The van der Waals surface area contributed by atoms with Crippen LogP contribution < -0.4 is 10.1 Å². The number of aromatic nitrogens is 1. The molecule has 1 aliphatic heterocycles. The quantitative estimate of drug-likeness (QED) is 0.462. The third-order valence-electron chi connectivity index (χ3n) is 5.47. The number of alkyl halides is 3. The topological polar surface area (TPSA) is 105 Å². The molecule has 1 saturated heterocycles. The van der Waals surface area contributed by atoms with Crippen LogP contribution in [0.4, 0.5) is 22.4 Å². The number of hydrogen-bond donors (Lipinski definition) is 2. The van der Waals surface area contributed by atoms with Gasteiger partial charge in [-0.2, -0.15) is 13.2 Å². The van der Waals surface area contributed by atoms with Gasteiger partial charge in [-0.3, -0.25) is 9.69 Å². The molecule has 186 valence electrons. The van der Waals surface area contributed by atoms with Gasteiger partial charge < -0.3 is 19.6 Å². The maximum absolute atomic E-state index is 13.5. The van der Waals surface area contributed by atoms with E-state index in [0.717, 1.165) is 29.2 Å². The fourth-order valence-corrected chi connectivity index (χ4v) is 3.92. The van der Waals surface area contributed by atoms with Gasteiger partial charge in [0.05, 0.1) is 10.6 Å². The van der Waals surface area contributed by atoms with Crippen molar-refractivity contribution in [2.75, 3.05) is 13.2 Å².